The number of aliphatic hydroxyl groups is 1. The average Bonchev–Trinajstić information content (AvgIpc) is 2.30. The zero-order valence-electron chi connectivity index (χ0n) is 9.09. The van der Waals surface area contributed by atoms with E-state index in [-0.39, 0.29) is 24.4 Å². The summed E-state index contributed by atoms with van der Waals surface area (Å²) in [6.07, 6.45) is 2.52. The van der Waals surface area contributed by atoms with Crippen LogP contribution in [-0.4, -0.2) is 10.9 Å². The van der Waals surface area contributed by atoms with Crippen LogP contribution in [-0.2, 0) is 17.8 Å². The van der Waals surface area contributed by atoms with Gasteiger partial charge in [-0.2, -0.15) is 0 Å². The maximum Gasteiger partial charge on any atom is 0.163 e. The van der Waals surface area contributed by atoms with E-state index in [4.69, 9.17) is 5.11 Å². The molecule has 0 fully saturated rings. The first-order valence-electron chi connectivity index (χ1n) is 5.32. The third kappa shape index (κ3) is 1.67. The number of hydrogen-bond acceptors (Lipinski definition) is 2. The van der Waals surface area contributed by atoms with E-state index >= 15 is 0 Å². The predicted octanol–water partition coefficient (Wildman–Crippen LogP) is 2.24. The molecule has 0 radical (unpaired) electrons. The maximum atomic E-state index is 13.8. The standard InChI is InChI=1S/C13H13FO2/c1-2-8-5-9-3-4-10(7-15)13(14)11(9)6-12(8)16/h3-5,15H,2,6-7H2,1H3. The minimum atomic E-state index is -0.445. The lowest BCUT2D eigenvalue weighted by molar-refractivity contribution is -0.115. The smallest absolute Gasteiger partial charge is 0.163 e. The zero-order chi connectivity index (χ0) is 11.7. The van der Waals surface area contributed by atoms with Gasteiger partial charge in [0.2, 0.25) is 0 Å². The molecular weight excluding hydrogens is 207 g/mol. The Hall–Kier alpha value is -1.48. The Balaban J connectivity index is 2.56. The molecule has 1 aliphatic carbocycles. The number of hydrogen-bond donors (Lipinski definition) is 1. The molecular formula is C13H13FO2. The largest absolute Gasteiger partial charge is 0.392 e. The summed E-state index contributed by atoms with van der Waals surface area (Å²) in [5.74, 6) is -0.469. The fourth-order valence-corrected chi connectivity index (χ4v) is 1.96. The monoisotopic (exact) mass is 220 g/mol. The van der Waals surface area contributed by atoms with Gasteiger partial charge in [-0.1, -0.05) is 19.1 Å². The van der Waals surface area contributed by atoms with E-state index < -0.39 is 5.82 Å². The van der Waals surface area contributed by atoms with Crippen molar-refractivity contribution in [3.8, 4) is 0 Å². The molecule has 0 saturated carbocycles. The van der Waals surface area contributed by atoms with Crippen LogP contribution in [0.25, 0.3) is 6.08 Å². The number of fused-ring (bicyclic) bond motifs is 1. The van der Waals surface area contributed by atoms with Crippen molar-refractivity contribution in [2.24, 2.45) is 0 Å². The van der Waals surface area contributed by atoms with Gasteiger partial charge in [0.25, 0.3) is 0 Å². The molecule has 2 rings (SSSR count). The molecule has 84 valence electrons. The highest BCUT2D eigenvalue weighted by atomic mass is 19.1. The second-order valence-electron chi connectivity index (χ2n) is 3.89. The highest BCUT2D eigenvalue weighted by Gasteiger charge is 2.21. The van der Waals surface area contributed by atoms with Gasteiger partial charge in [0, 0.05) is 17.5 Å². The number of benzene rings is 1. The average molecular weight is 220 g/mol. The van der Waals surface area contributed by atoms with E-state index in [9.17, 15) is 9.18 Å². The topological polar surface area (TPSA) is 37.3 Å². The Labute approximate surface area is 93.4 Å². The number of ketones is 1. The number of carbonyl (C=O) groups excluding carboxylic acids is 1. The molecule has 0 aliphatic heterocycles. The molecule has 3 heteroatoms. The van der Waals surface area contributed by atoms with Crippen LogP contribution >= 0.6 is 0 Å². The Morgan fingerprint density at radius 3 is 2.81 bits per heavy atom. The molecule has 0 bridgehead atoms. The van der Waals surface area contributed by atoms with Gasteiger partial charge in [-0.05, 0) is 23.6 Å². The molecule has 0 aromatic heterocycles. The van der Waals surface area contributed by atoms with Gasteiger partial charge in [0.1, 0.15) is 5.82 Å². The molecule has 1 aromatic carbocycles. The third-order valence-electron chi connectivity index (χ3n) is 2.94. The number of rotatable bonds is 2. The van der Waals surface area contributed by atoms with Crippen molar-refractivity contribution in [3.63, 3.8) is 0 Å². The van der Waals surface area contributed by atoms with Crippen molar-refractivity contribution < 1.29 is 14.3 Å². The fourth-order valence-electron chi connectivity index (χ4n) is 1.96. The van der Waals surface area contributed by atoms with Gasteiger partial charge in [-0.3, -0.25) is 4.79 Å². The van der Waals surface area contributed by atoms with Gasteiger partial charge in [-0.25, -0.2) is 4.39 Å². The minimum Gasteiger partial charge on any atom is -0.392 e. The number of aliphatic hydroxyl groups excluding tert-OH is 1. The van der Waals surface area contributed by atoms with Gasteiger partial charge in [0.15, 0.2) is 5.78 Å². The zero-order valence-corrected chi connectivity index (χ0v) is 9.09. The summed E-state index contributed by atoms with van der Waals surface area (Å²) in [6, 6.07) is 3.32. The lowest BCUT2D eigenvalue weighted by Crippen LogP contribution is -2.14. The summed E-state index contributed by atoms with van der Waals surface area (Å²) in [4.78, 5) is 11.6. The van der Waals surface area contributed by atoms with Crippen molar-refractivity contribution in [2.75, 3.05) is 0 Å². The first kappa shape index (κ1) is 11.0. The second-order valence-corrected chi connectivity index (χ2v) is 3.89. The summed E-state index contributed by atoms with van der Waals surface area (Å²) < 4.78 is 13.8. The highest BCUT2D eigenvalue weighted by molar-refractivity contribution is 6.03. The van der Waals surface area contributed by atoms with Gasteiger partial charge >= 0.3 is 0 Å². The Morgan fingerprint density at radius 2 is 2.19 bits per heavy atom. The Bertz CT molecular complexity index is 475. The normalized spacial score (nSPS) is 14.7. The molecule has 0 atom stereocenters. The Morgan fingerprint density at radius 1 is 1.44 bits per heavy atom. The predicted molar refractivity (Wildman–Crippen MR) is 59.3 cm³/mol. The summed E-state index contributed by atoms with van der Waals surface area (Å²) >= 11 is 0. The summed E-state index contributed by atoms with van der Waals surface area (Å²) in [7, 11) is 0. The van der Waals surface area contributed by atoms with E-state index in [0.29, 0.717) is 12.0 Å². The van der Waals surface area contributed by atoms with E-state index in [1.807, 2.05) is 6.92 Å². The molecule has 0 heterocycles. The lowest BCUT2D eigenvalue weighted by atomic mass is 9.88. The number of allylic oxidation sites excluding steroid dienone is 1. The first-order chi connectivity index (χ1) is 7.67. The summed E-state index contributed by atoms with van der Waals surface area (Å²) in [6.45, 7) is 1.57. The Kier molecular flexibility index (Phi) is 2.88. The third-order valence-corrected chi connectivity index (χ3v) is 2.94. The van der Waals surface area contributed by atoms with E-state index in [1.165, 1.54) is 0 Å². The molecule has 0 spiro atoms. The van der Waals surface area contributed by atoms with Crippen LogP contribution in [0.2, 0.25) is 0 Å². The van der Waals surface area contributed by atoms with Crippen molar-refractivity contribution in [1.29, 1.82) is 0 Å². The summed E-state index contributed by atoms with van der Waals surface area (Å²) in [5, 5.41) is 8.94. The van der Waals surface area contributed by atoms with Crippen molar-refractivity contribution in [3.05, 3.63) is 40.2 Å². The highest BCUT2D eigenvalue weighted by Crippen LogP contribution is 2.27. The maximum absolute atomic E-state index is 13.8. The SMILES string of the molecule is CCC1=Cc2ccc(CO)c(F)c2CC1=O. The van der Waals surface area contributed by atoms with Gasteiger partial charge in [-0.15, -0.1) is 0 Å². The van der Waals surface area contributed by atoms with Crippen molar-refractivity contribution >= 4 is 11.9 Å². The molecule has 0 saturated heterocycles. The van der Waals surface area contributed by atoms with Crippen LogP contribution in [0, 0.1) is 5.82 Å². The van der Waals surface area contributed by atoms with Crippen molar-refractivity contribution in [1.82, 2.24) is 0 Å². The molecule has 1 N–H and O–H groups in total. The molecule has 1 aromatic rings. The van der Waals surface area contributed by atoms with Crippen LogP contribution in [0.3, 0.4) is 0 Å². The minimum absolute atomic E-state index is 0.0241. The van der Waals surface area contributed by atoms with Crippen molar-refractivity contribution in [2.45, 2.75) is 26.4 Å². The van der Waals surface area contributed by atoms with E-state index in [1.54, 1.807) is 18.2 Å². The quantitative estimate of drug-likeness (QED) is 0.829. The molecule has 2 nitrogen and oxygen atoms in total. The van der Waals surface area contributed by atoms with Crippen LogP contribution in [0.5, 0.6) is 0 Å². The summed E-state index contributed by atoms with van der Waals surface area (Å²) in [5.41, 5.74) is 2.16. The van der Waals surface area contributed by atoms with Gasteiger partial charge < -0.3 is 5.11 Å². The number of Topliss-reactive ketones (excluding diaryl/α,β-unsaturated/α-hetero) is 1. The second kappa shape index (κ2) is 4.18. The fraction of sp³-hybridized carbons (Fsp3) is 0.308. The van der Waals surface area contributed by atoms with Gasteiger partial charge in [0.05, 0.1) is 6.61 Å². The first-order valence-corrected chi connectivity index (χ1v) is 5.32. The lowest BCUT2D eigenvalue weighted by Gasteiger charge is -2.16. The number of carbonyl (C=O) groups is 1. The molecule has 1 aliphatic rings. The number of halogens is 1. The van der Waals surface area contributed by atoms with Crippen LogP contribution in [0.1, 0.15) is 30.0 Å². The van der Waals surface area contributed by atoms with E-state index in [0.717, 1.165) is 11.1 Å². The van der Waals surface area contributed by atoms with Crippen LogP contribution < -0.4 is 0 Å². The molecule has 16 heavy (non-hydrogen) atoms. The molecule has 0 amide bonds. The molecule has 0 unspecified atom stereocenters. The van der Waals surface area contributed by atoms with E-state index in [2.05, 4.69) is 0 Å². The van der Waals surface area contributed by atoms with Crippen LogP contribution in [0.4, 0.5) is 4.39 Å². The van der Waals surface area contributed by atoms with Crippen LogP contribution in [0.15, 0.2) is 17.7 Å².